The largest absolute Gasteiger partial charge is 0.479 e. The predicted molar refractivity (Wildman–Crippen MR) is 54.7 cm³/mol. The number of hydrogen-bond acceptors (Lipinski definition) is 4. The minimum atomic E-state index is -1.14. The summed E-state index contributed by atoms with van der Waals surface area (Å²) in [5, 5.41) is 19.3. The predicted octanol–water partition coefficient (Wildman–Crippen LogP) is -0.359. The molecule has 1 unspecified atom stereocenters. The third kappa shape index (κ3) is 5.17. The maximum absolute atomic E-state index is 11.3. The van der Waals surface area contributed by atoms with Crippen molar-refractivity contribution in [3.8, 4) is 6.07 Å². The SMILES string of the molecule is COC(CNC(=O)N(C)CCC#N)C(=O)O. The Morgan fingerprint density at radius 3 is 2.69 bits per heavy atom. The average Bonchev–Trinajstić information content (AvgIpc) is 2.25. The third-order valence-electron chi connectivity index (χ3n) is 1.90. The Morgan fingerprint density at radius 2 is 2.25 bits per heavy atom. The fourth-order valence-electron chi connectivity index (χ4n) is 0.906. The second-order valence-corrected chi connectivity index (χ2v) is 3.08. The highest BCUT2D eigenvalue weighted by Crippen LogP contribution is 1.91. The highest BCUT2D eigenvalue weighted by molar-refractivity contribution is 5.76. The molecule has 0 aliphatic rings. The number of urea groups is 1. The van der Waals surface area contributed by atoms with E-state index in [0.717, 1.165) is 0 Å². The van der Waals surface area contributed by atoms with Gasteiger partial charge in [0.05, 0.1) is 19.0 Å². The molecule has 7 nitrogen and oxygen atoms in total. The first-order valence-corrected chi connectivity index (χ1v) is 4.64. The van der Waals surface area contributed by atoms with Gasteiger partial charge in [0, 0.05) is 20.7 Å². The highest BCUT2D eigenvalue weighted by atomic mass is 16.5. The van der Waals surface area contributed by atoms with Crippen LogP contribution in [0.5, 0.6) is 0 Å². The van der Waals surface area contributed by atoms with E-state index in [-0.39, 0.29) is 13.0 Å². The van der Waals surface area contributed by atoms with Gasteiger partial charge in [0.2, 0.25) is 0 Å². The monoisotopic (exact) mass is 229 g/mol. The molecule has 0 fully saturated rings. The van der Waals surface area contributed by atoms with E-state index in [9.17, 15) is 9.59 Å². The standard InChI is InChI=1S/C9H15N3O4/c1-12(5-3-4-10)9(15)11-6-7(16-2)8(13)14/h7H,3,5-6H2,1-2H3,(H,11,15)(H,13,14). The lowest BCUT2D eigenvalue weighted by molar-refractivity contribution is -0.148. The van der Waals surface area contributed by atoms with E-state index in [4.69, 9.17) is 10.4 Å². The first kappa shape index (κ1) is 14.2. The second-order valence-electron chi connectivity index (χ2n) is 3.08. The summed E-state index contributed by atoms with van der Waals surface area (Å²) in [6, 6.07) is 1.48. The molecular weight excluding hydrogens is 214 g/mol. The maximum atomic E-state index is 11.3. The highest BCUT2D eigenvalue weighted by Gasteiger charge is 2.18. The molecule has 2 amide bonds. The number of aliphatic carboxylic acids is 1. The first-order valence-electron chi connectivity index (χ1n) is 4.64. The Labute approximate surface area is 93.6 Å². The minimum Gasteiger partial charge on any atom is -0.479 e. The van der Waals surface area contributed by atoms with Crippen LogP contribution in [-0.4, -0.2) is 55.4 Å². The Morgan fingerprint density at radius 1 is 1.62 bits per heavy atom. The van der Waals surface area contributed by atoms with E-state index in [0.29, 0.717) is 6.54 Å². The molecule has 0 spiro atoms. The maximum Gasteiger partial charge on any atom is 0.334 e. The molecule has 0 aromatic carbocycles. The Balaban J connectivity index is 3.96. The normalized spacial score (nSPS) is 11.3. The van der Waals surface area contributed by atoms with Crippen LogP contribution >= 0.6 is 0 Å². The molecule has 2 N–H and O–H groups in total. The van der Waals surface area contributed by atoms with Crippen molar-refractivity contribution in [1.29, 1.82) is 5.26 Å². The van der Waals surface area contributed by atoms with E-state index < -0.39 is 18.1 Å². The van der Waals surface area contributed by atoms with E-state index in [1.807, 2.05) is 6.07 Å². The second kappa shape index (κ2) is 7.48. The van der Waals surface area contributed by atoms with Crippen molar-refractivity contribution in [3.05, 3.63) is 0 Å². The van der Waals surface area contributed by atoms with E-state index in [1.165, 1.54) is 19.1 Å². The van der Waals surface area contributed by atoms with Gasteiger partial charge >= 0.3 is 12.0 Å². The number of carbonyl (C=O) groups is 2. The van der Waals surface area contributed by atoms with Crippen LogP contribution in [0.1, 0.15) is 6.42 Å². The van der Waals surface area contributed by atoms with Crippen LogP contribution in [0.15, 0.2) is 0 Å². The number of amides is 2. The fraction of sp³-hybridized carbons (Fsp3) is 0.667. The summed E-state index contributed by atoms with van der Waals surface area (Å²) >= 11 is 0. The summed E-state index contributed by atoms with van der Waals surface area (Å²) < 4.78 is 4.64. The Hall–Kier alpha value is -1.81. The van der Waals surface area contributed by atoms with Gasteiger partial charge in [-0.25, -0.2) is 9.59 Å². The molecule has 1 atom stereocenters. The molecule has 0 rings (SSSR count). The number of hydrogen-bond donors (Lipinski definition) is 2. The van der Waals surface area contributed by atoms with Crippen LogP contribution < -0.4 is 5.32 Å². The van der Waals surface area contributed by atoms with Crippen LogP contribution in [0, 0.1) is 11.3 Å². The topological polar surface area (TPSA) is 103 Å². The zero-order valence-electron chi connectivity index (χ0n) is 9.27. The van der Waals surface area contributed by atoms with Crippen molar-refractivity contribution in [2.75, 3.05) is 27.2 Å². The summed E-state index contributed by atoms with van der Waals surface area (Å²) in [5.74, 6) is -1.14. The summed E-state index contributed by atoms with van der Waals surface area (Å²) in [6.07, 6.45) is -0.829. The van der Waals surface area contributed by atoms with Crippen molar-refractivity contribution in [2.45, 2.75) is 12.5 Å². The lowest BCUT2D eigenvalue weighted by Crippen LogP contribution is -2.43. The average molecular weight is 229 g/mol. The van der Waals surface area contributed by atoms with Crippen LogP contribution in [0.3, 0.4) is 0 Å². The quantitative estimate of drug-likeness (QED) is 0.647. The molecule has 0 heterocycles. The Bertz CT molecular complexity index is 287. The summed E-state index contributed by atoms with van der Waals surface area (Å²) in [4.78, 5) is 23.2. The number of nitrogens with one attached hydrogen (secondary N) is 1. The molecule has 16 heavy (non-hydrogen) atoms. The molecule has 0 aromatic rings. The summed E-state index contributed by atoms with van der Waals surface area (Å²) in [6.45, 7) is 0.189. The smallest absolute Gasteiger partial charge is 0.334 e. The van der Waals surface area contributed by atoms with Crippen LogP contribution in [0.25, 0.3) is 0 Å². The van der Waals surface area contributed by atoms with Gasteiger partial charge in [-0.2, -0.15) is 5.26 Å². The lowest BCUT2D eigenvalue weighted by Gasteiger charge is -2.18. The van der Waals surface area contributed by atoms with Crippen LogP contribution in [-0.2, 0) is 9.53 Å². The van der Waals surface area contributed by atoms with Gasteiger partial charge in [0.15, 0.2) is 6.10 Å². The van der Waals surface area contributed by atoms with Crippen molar-refractivity contribution >= 4 is 12.0 Å². The van der Waals surface area contributed by atoms with Gasteiger partial charge in [0.25, 0.3) is 0 Å². The van der Waals surface area contributed by atoms with Gasteiger partial charge < -0.3 is 20.1 Å². The van der Waals surface area contributed by atoms with Gasteiger partial charge in [-0.3, -0.25) is 0 Å². The number of carboxylic acid groups (broad SMARTS) is 1. The summed E-state index contributed by atoms with van der Waals surface area (Å²) in [7, 11) is 2.78. The third-order valence-corrected chi connectivity index (χ3v) is 1.90. The van der Waals surface area contributed by atoms with Crippen LogP contribution in [0.2, 0.25) is 0 Å². The number of nitrogens with zero attached hydrogens (tertiary/aromatic N) is 2. The molecule has 0 saturated carbocycles. The summed E-state index contributed by atoms with van der Waals surface area (Å²) in [5.41, 5.74) is 0. The van der Waals surface area contributed by atoms with E-state index in [1.54, 1.807) is 0 Å². The van der Waals surface area contributed by atoms with Gasteiger partial charge in [-0.15, -0.1) is 0 Å². The minimum absolute atomic E-state index is 0.110. The number of carbonyl (C=O) groups excluding carboxylic acids is 1. The molecule has 90 valence electrons. The van der Waals surface area contributed by atoms with Crippen molar-refractivity contribution in [3.63, 3.8) is 0 Å². The number of methoxy groups -OCH3 is 1. The number of carboxylic acids is 1. The van der Waals surface area contributed by atoms with Crippen molar-refractivity contribution in [1.82, 2.24) is 10.2 Å². The van der Waals surface area contributed by atoms with Gasteiger partial charge in [0.1, 0.15) is 0 Å². The zero-order valence-corrected chi connectivity index (χ0v) is 9.27. The Kier molecular flexibility index (Phi) is 6.63. The molecule has 7 heteroatoms. The molecular formula is C9H15N3O4. The molecule has 0 radical (unpaired) electrons. The first-order chi connectivity index (χ1) is 7.52. The zero-order chi connectivity index (χ0) is 12.6. The van der Waals surface area contributed by atoms with Crippen molar-refractivity contribution < 1.29 is 19.4 Å². The van der Waals surface area contributed by atoms with Crippen molar-refractivity contribution in [2.24, 2.45) is 0 Å². The molecule has 0 bridgehead atoms. The number of nitriles is 1. The van der Waals surface area contributed by atoms with E-state index >= 15 is 0 Å². The van der Waals surface area contributed by atoms with E-state index in [2.05, 4.69) is 10.1 Å². The van der Waals surface area contributed by atoms with Gasteiger partial charge in [-0.05, 0) is 0 Å². The van der Waals surface area contributed by atoms with Crippen LogP contribution in [0.4, 0.5) is 4.79 Å². The number of rotatable bonds is 6. The lowest BCUT2D eigenvalue weighted by atomic mass is 10.3. The fourth-order valence-corrected chi connectivity index (χ4v) is 0.906. The molecule has 0 saturated heterocycles. The molecule has 0 aliphatic heterocycles. The molecule has 0 aliphatic carbocycles. The number of ether oxygens (including phenoxy) is 1. The molecule has 0 aromatic heterocycles. The van der Waals surface area contributed by atoms with Gasteiger partial charge in [-0.1, -0.05) is 0 Å².